The Balaban J connectivity index is 0.000000467. The van der Waals surface area contributed by atoms with Gasteiger partial charge in [-0.1, -0.05) is 48.5 Å². The number of rotatable bonds is 12. The third-order valence-corrected chi connectivity index (χ3v) is 9.15. The van der Waals surface area contributed by atoms with Crippen molar-refractivity contribution in [3.63, 3.8) is 0 Å². The highest BCUT2D eigenvalue weighted by Crippen LogP contribution is 2.18. The minimum absolute atomic E-state index is 0.822. The van der Waals surface area contributed by atoms with Crippen LogP contribution in [0.1, 0.15) is 27.7 Å². The minimum atomic E-state index is -1.52. The summed E-state index contributed by atoms with van der Waals surface area (Å²) in [7, 11) is 6.74. The van der Waals surface area contributed by atoms with Crippen LogP contribution in [0.3, 0.4) is 0 Å². The van der Waals surface area contributed by atoms with Crippen LogP contribution in [-0.4, -0.2) is 65.2 Å². The normalized spacial score (nSPS) is 11.2. The molecule has 4 rings (SSSR count). The molecular formula is C36H48BNO4. The highest BCUT2D eigenvalue weighted by molar-refractivity contribution is 7.19. The zero-order chi connectivity index (χ0) is 30.6. The van der Waals surface area contributed by atoms with Crippen molar-refractivity contribution in [1.29, 1.82) is 0 Å². The van der Waals surface area contributed by atoms with Gasteiger partial charge in [-0.25, -0.2) is 0 Å². The van der Waals surface area contributed by atoms with Gasteiger partial charge in [-0.3, -0.25) is 0 Å². The fraction of sp³-hybridized carbons (Fsp3) is 0.333. The summed E-state index contributed by atoms with van der Waals surface area (Å²) in [5.74, 6) is 3.29. The maximum atomic E-state index is 5.45. The monoisotopic (exact) mass is 569 g/mol. The van der Waals surface area contributed by atoms with E-state index in [1.165, 1.54) is 52.5 Å². The molecule has 0 unspecified atom stereocenters. The molecule has 0 spiro atoms. The van der Waals surface area contributed by atoms with Crippen LogP contribution in [0.25, 0.3) is 0 Å². The van der Waals surface area contributed by atoms with E-state index in [0.29, 0.717) is 0 Å². The smallest absolute Gasteiger partial charge is 0.118 e. The van der Waals surface area contributed by atoms with Gasteiger partial charge in [0, 0.05) is 0 Å². The molecule has 6 heteroatoms. The average molecular weight is 570 g/mol. The summed E-state index contributed by atoms with van der Waals surface area (Å²) in [5, 5.41) is 0. The van der Waals surface area contributed by atoms with Crippen molar-refractivity contribution in [2.45, 2.75) is 27.7 Å². The molecule has 5 nitrogen and oxygen atoms in total. The number of benzene rings is 4. The van der Waals surface area contributed by atoms with Crippen molar-refractivity contribution >= 4 is 28.0 Å². The third kappa shape index (κ3) is 6.93. The first kappa shape index (κ1) is 32.6. The molecule has 4 aromatic rings. The van der Waals surface area contributed by atoms with E-state index < -0.39 is 6.15 Å². The topological polar surface area (TPSA) is 36.9 Å². The maximum absolute atomic E-state index is 5.45. The van der Waals surface area contributed by atoms with Gasteiger partial charge in [0.05, 0.1) is 54.6 Å². The third-order valence-electron chi connectivity index (χ3n) is 9.15. The number of methoxy groups -OCH3 is 4. The van der Waals surface area contributed by atoms with Gasteiger partial charge in [0.1, 0.15) is 29.1 Å². The zero-order valence-electron chi connectivity index (χ0n) is 26.7. The molecule has 0 saturated heterocycles. The maximum Gasteiger partial charge on any atom is 0.118 e. The Hall–Kier alpha value is -3.90. The van der Waals surface area contributed by atoms with Gasteiger partial charge in [-0.05, 0) is 76.2 Å². The molecule has 0 N–H and O–H groups in total. The molecule has 0 saturated carbocycles. The average Bonchev–Trinajstić information content (AvgIpc) is 3.08. The van der Waals surface area contributed by atoms with Gasteiger partial charge >= 0.3 is 0 Å². The Morgan fingerprint density at radius 2 is 0.571 bits per heavy atom. The van der Waals surface area contributed by atoms with E-state index in [4.69, 9.17) is 18.9 Å². The standard InChI is InChI=1S/C28H28BO4.C8H20N/c1-30-25-13-5-21(6-14-25)29(22-7-15-26(31-2)16-8-22,23-9-17-27(32-3)18-10-23)24-11-19-28(33-4)20-12-24;1-5-9(6-2,7-3)8-4/h5-20H,1-4H3;5-8H2,1-4H3/q-1;+1. The van der Waals surface area contributed by atoms with E-state index in [-0.39, 0.29) is 0 Å². The van der Waals surface area contributed by atoms with Gasteiger partial charge in [0.2, 0.25) is 0 Å². The van der Waals surface area contributed by atoms with E-state index in [9.17, 15) is 0 Å². The first-order valence-corrected chi connectivity index (χ1v) is 15.0. The van der Waals surface area contributed by atoms with Crippen LogP contribution in [-0.2, 0) is 0 Å². The fourth-order valence-electron chi connectivity index (χ4n) is 6.07. The Morgan fingerprint density at radius 3 is 0.690 bits per heavy atom. The van der Waals surface area contributed by atoms with Crippen molar-refractivity contribution in [2.75, 3.05) is 54.6 Å². The van der Waals surface area contributed by atoms with E-state index in [1.807, 2.05) is 48.5 Å². The molecular weight excluding hydrogens is 521 g/mol. The number of quaternary nitrogens is 1. The Bertz CT molecular complexity index is 1120. The highest BCUT2D eigenvalue weighted by atomic mass is 16.5. The van der Waals surface area contributed by atoms with Crippen LogP contribution in [0.4, 0.5) is 0 Å². The molecule has 0 aliphatic heterocycles. The molecule has 4 aromatic carbocycles. The second-order valence-electron chi connectivity index (χ2n) is 10.6. The van der Waals surface area contributed by atoms with Crippen molar-refractivity contribution in [2.24, 2.45) is 0 Å². The van der Waals surface area contributed by atoms with Crippen LogP contribution < -0.4 is 40.8 Å². The van der Waals surface area contributed by atoms with Crippen LogP contribution >= 0.6 is 0 Å². The van der Waals surface area contributed by atoms with Crippen LogP contribution in [0.5, 0.6) is 23.0 Å². The summed E-state index contributed by atoms with van der Waals surface area (Å²) in [5.41, 5.74) is 4.71. The summed E-state index contributed by atoms with van der Waals surface area (Å²) in [6.45, 7) is 14.2. The van der Waals surface area contributed by atoms with Crippen molar-refractivity contribution < 1.29 is 23.4 Å². The molecule has 0 amide bonds. The molecule has 0 heterocycles. The lowest BCUT2D eigenvalue weighted by Crippen LogP contribution is -2.74. The molecule has 0 aromatic heterocycles. The summed E-state index contributed by atoms with van der Waals surface area (Å²) < 4.78 is 23.1. The minimum Gasteiger partial charge on any atom is -0.497 e. The first-order valence-electron chi connectivity index (χ1n) is 15.0. The molecule has 224 valence electrons. The summed E-state index contributed by atoms with van der Waals surface area (Å²) in [6.07, 6.45) is -1.52. The van der Waals surface area contributed by atoms with Gasteiger partial charge in [0.15, 0.2) is 0 Å². The SMILES string of the molecule is CC[N+](CC)(CC)CC.COc1ccc([B-](c2ccc(OC)cc2)(c2ccc(OC)cc2)c2ccc(OC)cc2)cc1. The second kappa shape index (κ2) is 15.4. The van der Waals surface area contributed by atoms with Gasteiger partial charge < -0.3 is 23.4 Å². The van der Waals surface area contributed by atoms with Gasteiger partial charge in [-0.2, -0.15) is 21.9 Å². The van der Waals surface area contributed by atoms with Crippen LogP contribution in [0.2, 0.25) is 0 Å². The van der Waals surface area contributed by atoms with E-state index in [2.05, 4.69) is 76.2 Å². The number of nitrogens with zero attached hydrogens (tertiary/aromatic N) is 1. The lowest BCUT2D eigenvalue weighted by Gasteiger charge is -2.44. The van der Waals surface area contributed by atoms with E-state index in [0.717, 1.165) is 23.0 Å². The largest absolute Gasteiger partial charge is 0.497 e. The second-order valence-corrected chi connectivity index (χ2v) is 10.6. The predicted octanol–water partition coefficient (Wildman–Crippen LogP) is 4.98. The Labute approximate surface area is 253 Å². The summed E-state index contributed by atoms with van der Waals surface area (Å²) >= 11 is 0. The lowest BCUT2D eigenvalue weighted by atomic mass is 9.13. The fourth-order valence-corrected chi connectivity index (χ4v) is 6.07. The lowest BCUT2D eigenvalue weighted by molar-refractivity contribution is -0.921. The molecule has 0 bridgehead atoms. The molecule has 0 aliphatic carbocycles. The van der Waals surface area contributed by atoms with Crippen molar-refractivity contribution in [3.8, 4) is 23.0 Å². The Kier molecular flexibility index (Phi) is 11.9. The molecule has 0 aliphatic rings. The zero-order valence-corrected chi connectivity index (χ0v) is 26.7. The number of ether oxygens (including phenoxy) is 4. The molecule has 0 radical (unpaired) electrons. The quantitative estimate of drug-likeness (QED) is 0.178. The highest BCUT2D eigenvalue weighted by Gasteiger charge is 2.32. The molecule has 0 atom stereocenters. The summed E-state index contributed by atoms with van der Waals surface area (Å²) in [4.78, 5) is 0. The van der Waals surface area contributed by atoms with Crippen LogP contribution in [0, 0.1) is 0 Å². The first-order chi connectivity index (χ1) is 20.4. The Morgan fingerprint density at radius 1 is 0.381 bits per heavy atom. The number of hydrogen-bond acceptors (Lipinski definition) is 4. The predicted molar refractivity (Wildman–Crippen MR) is 179 cm³/mol. The van der Waals surface area contributed by atoms with Crippen molar-refractivity contribution in [3.05, 3.63) is 97.1 Å². The van der Waals surface area contributed by atoms with Gasteiger partial charge in [-0.15, -0.1) is 0 Å². The summed E-state index contributed by atoms with van der Waals surface area (Å²) in [6, 6.07) is 33.3. The molecule has 42 heavy (non-hydrogen) atoms. The molecule has 0 fully saturated rings. The van der Waals surface area contributed by atoms with Crippen molar-refractivity contribution in [1.82, 2.24) is 0 Å². The van der Waals surface area contributed by atoms with Gasteiger partial charge in [0.25, 0.3) is 0 Å². The number of hydrogen-bond donors (Lipinski definition) is 0. The van der Waals surface area contributed by atoms with E-state index >= 15 is 0 Å². The van der Waals surface area contributed by atoms with E-state index in [1.54, 1.807) is 28.4 Å². The van der Waals surface area contributed by atoms with Crippen LogP contribution in [0.15, 0.2) is 97.1 Å².